The van der Waals surface area contributed by atoms with Gasteiger partial charge in [0.1, 0.15) is 18.2 Å². The smallest absolute Gasteiger partial charge is 0.268 e. The van der Waals surface area contributed by atoms with Crippen LogP contribution < -0.4 is 14.8 Å². The van der Waals surface area contributed by atoms with Gasteiger partial charge in [0.05, 0.1) is 7.11 Å². The van der Waals surface area contributed by atoms with Crippen LogP contribution in [0.1, 0.15) is 21.6 Å². The Hall–Kier alpha value is -3.93. The summed E-state index contributed by atoms with van der Waals surface area (Å²) < 4.78 is 12.4. The molecule has 1 heterocycles. The molecule has 1 amide bonds. The Morgan fingerprint density at radius 3 is 2.58 bits per heavy atom. The standard InChI is InChI=1S/C28H22BrN3O3S/c1-34-26-15-21(9-12-25(26)35-18-20-5-3-2-4-6-20)13-22(16-30)27(33)32-28-31-17-24(36-28)14-19-7-10-23(29)11-8-19/h2-13,15,17H,14,18H2,1H3,(H,31,32,33). The number of thiazole rings is 1. The van der Waals surface area contributed by atoms with Gasteiger partial charge >= 0.3 is 0 Å². The van der Waals surface area contributed by atoms with Crippen LogP contribution in [0.5, 0.6) is 11.5 Å². The van der Waals surface area contributed by atoms with Crippen LogP contribution >= 0.6 is 27.3 Å². The maximum absolute atomic E-state index is 12.7. The van der Waals surface area contributed by atoms with Crippen LogP contribution in [0.2, 0.25) is 0 Å². The Labute approximate surface area is 222 Å². The molecule has 0 aliphatic rings. The summed E-state index contributed by atoms with van der Waals surface area (Å²) >= 11 is 4.81. The topological polar surface area (TPSA) is 84.2 Å². The third-order valence-corrected chi connectivity index (χ3v) is 6.61. The molecular formula is C28H22BrN3O3S. The third-order valence-electron chi connectivity index (χ3n) is 5.17. The van der Waals surface area contributed by atoms with Crippen LogP contribution in [0, 0.1) is 11.3 Å². The van der Waals surface area contributed by atoms with Gasteiger partial charge in [-0.3, -0.25) is 10.1 Å². The molecule has 4 rings (SSSR count). The first-order valence-electron chi connectivity index (χ1n) is 11.0. The minimum atomic E-state index is -0.523. The van der Waals surface area contributed by atoms with Crippen molar-refractivity contribution < 1.29 is 14.3 Å². The number of anilines is 1. The maximum atomic E-state index is 12.7. The summed E-state index contributed by atoms with van der Waals surface area (Å²) in [5.74, 6) is 0.558. The largest absolute Gasteiger partial charge is 0.493 e. The first-order chi connectivity index (χ1) is 17.5. The third kappa shape index (κ3) is 6.81. The van der Waals surface area contributed by atoms with E-state index in [2.05, 4.69) is 26.2 Å². The highest BCUT2D eigenvalue weighted by Crippen LogP contribution is 2.30. The van der Waals surface area contributed by atoms with Crippen molar-refractivity contribution in [3.05, 3.63) is 111 Å². The van der Waals surface area contributed by atoms with Crippen LogP contribution in [0.3, 0.4) is 0 Å². The number of hydrogen-bond acceptors (Lipinski definition) is 6. The van der Waals surface area contributed by atoms with Crippen molar-refractivity contribution in [2.45, 2.75) is 13.0 Å². The SMILES string of the molecule is COc1cc(C=C(C#N)C(=O)Nc2ncc(Cc3ccc(Br)cc3)s2)ccc1OCc1ccccc1. The molecule has 180 valence electrons. The molecule has 0 fully saturated rings. The fourth-order valence-corrected chi connectivity index (χ4v) is 4.46. The number of methoxy groups -OCH3 is 1. The minimum Gasteiger partial charge on any atom is -0.493 e. The van der Waals surface area contributed by atoms with Crippen molar-refractivity contribution >= 4 is 44.4 Å². The highest BCUT2D eigenvalue weighted by atomic mass is 79.9. The molecule has 0 unspecified atom stereocenters. The molecule has 0 bridgehead atoms. The quantitative estimate of drug-likeness (QED) is 0.184. The fourth-order valence-electron chi connectivity index (χ4n) is 3.36. The van der Waals surface area contributed by atoms with E-state index in [9.17, 15) is 10.1 Å². The van der Waals surface area contributed by atoms with E-state index in [1.807, 2.05) is 60.7 Å². The average molecular weight is 560 g/mol. The Morgan fingerprint density at radius 1 is 1.08 bits per heavy atom. The summed E-state index contributed by atoms with van der Waals surface area (Å²) in [5.41, 5.74) is 2.77. The number of rotatable bonds is 9. The van der Waals surface area contributed by atoms with E-state index in [1.165, 1.54) is 17.4 Å². The van der Waals surface area contributed by atoms with Gasteiger partial charge in [0, 0.05) is 22.0 Å². The summed E-state index contributed by atoms with van der Waals surface area (Å²) in [6.45, 7) is 0.399. The number of nitrogens with one attached hydrogen (secondary N) is 1. The van der Waals surface area contributed by atoms with Crippen LogP contribution in [-0.2, 0) is 17.8 Å². The molecule has 0 aliphatic carbocycles. The van der Waals surface area contributed by atoms with E-state index >= 15 is 0 Å². The predicted octanol–water partition coefficient (Wildman–Crippen LogP) is 6.63. The molecule has 0 saturated heterocycles. The van der Waals surface area contributed by atoms with Gasteiger partial charge in [0.15, 0.2) is 16.6 Å². The zero-order chi connectivity index (χ0) is 25.3. The van der Waals surface area contributed by atoms with Gasteiger partial charge in [-0.05, 0) is 47.0 Å². The Kier molecular flexibility index (Phi) is 8.50. The van der Waals surface area contributed by atoms with Gasteiger partial charge < -0.3 is 9.47 Å². The first-order valence-corrected chi connectivity index (χ1v) is 12.6. The number of hydrogen-bond donors (Lipinski definition) is 1. The average Bonchev–Trinajstić information content (AvgIpc) is 3.34. The minimum absolute atomic E-state index is 0.0420. The highest BCUT2D eigenvalue weighted by Gasteiger charge is 2.13. The molecule has 3 aromatic carbocycles. The van der Waals surface area contributed by atoms with Crippen molar-refractivity contribution in [3.8, 4) is 17.6 Å². The lowest BCUT2D eigenvalue weighted by Gasteiger charge is -2.11. The van der Waals surface area contributed by atoms with Crippen LogP contribution in [0.4, 0.5) is 5.13 Å². The highest BCUT2D eigenvalue weighted by molar-refractivity contribution is 9.10. The first kappa shape index (κ1) is 25.2. The molecular weight excluding hydrogens is 538 g/mol. The zero-order valence-corrected chi connectivity index (χ0v) is 21.8. The van der Waals surface area contributed by atoms with Gasteiger partial charge in [0.2, 0.25) is 0 Å². The second-order valence-electron chi connectivity index (χ2n) is 7.74. The van der Waals surface area contributed by atoms with E-state index in [4.69, 9.17) is 9.47 Å². The van der Waals surface area contributed by atoms with E-state index < -0.39 is 5.91 Å². The van der Waals surface area contributed by atoms with E-state index in [1.54, 1.807) is 31.5 Å². The lowest BCUT2D eigenvalue weighted by molar-refractivity contribution is -0.112. The van der Waals surface area contributed by atoms with Crippen molar-refractivity contribution in [1.82, 2.24) is 4.98 Å². The lowest BCUT2D eigenvalue weighted by atomic mass is 10.1. The predicted molar refractivity (Wildman–Crippen MR) is 145 cm³/mol. The molecule has 4 aromatic rings. The van der Waals surface area contributed by atoms with Crippen LogP contribution in [0.15, 0.2) is 89.0 Å². The van der Waals surface area contributed by atoms with E-state index in [-0.39, 0.29) is 5.57 Å². The number of nitriles is 1. The number of ether oxygens (including phenoxy) is 2. The molecule has 0 radical (unpaired) electrons. The number of halogens is 1. The van der Waals surface area contributed by atoms with Crippen molar-refractivity contribution in [1.29, 1.82) is 5.26 Å². The summed E-state index contributed by atoms with van der Waals surface area (Å²) in [4.78, 5) is 18.0. The molecule has 36 heavy (non-hydrogen) atoms. The fraction of sp³-hybridized carbons (Fsp3) is 0.107. The number of aromatic nitrogens is 1. The second-order valence-corrected chi connectivity index (χ2v) is 9.77. The Bertz CT molecular complexity index is 1410. The molecule has 1 aromatic heterocycles. The molecule has 6 nitrogen and oxygen atoms in total. The number of carbonyl (C=O) groups excluding carboxylic acids is 1. The Balaban J connectivity index is 1.42. The van der Waals surface area contributed by atoms with Gasteiger partial charge in [0.25, 0.3) is 5.91 Å². The summed E-state index contributed by atoms with van der Waals surface area (Å²) in [6, 6.07) is 25.1. The van der Waals surface area contributed by atoms with Crippen LogP contribution in [-0.4, -0.2) is 18.0 Å². The van der Waals surface area contributed by atoms with E-state index in [0.717, 1.165) is 20.5 Å². The molecule has 0 spiro atoms. The summed E-state index contributed by atoms with van der Waals surface area (Å²) in [6.07, 6.45) is 3.95. The molecule has 1 N–H and O–H groups in total. The van der Waals surface area contributed by atoms with Crippen molar-refractivity contribution in [2.75, 3.05) is 12.4 Å². The Morgan fingerprint density at radius 2 is 1.86 bits per heavy atom. The number of nitrogens with zero attached hydrogens (tertiary/aromatic N) is 2. The van der Waals surface area contributed by atoms with Gasteiger partial charge in [-0.15, -0.1) is 11.3 Å². The monoisotopic (exact) mass is 559 g/mol. The van der Waals surface area contributed by atoms with Crippen LogP contribution in [0.25, 0.3) is 6.08 Å². The molecule has 0 saturated carbocycles. The van der Waals surface area contributed by atoms with E-state index in [0.29, 0.717) is 35.2 Å². The summed E-state index contributed by atoms with van der Waals surface area (Å²) in [7, 11) is 1.55. The molecule has 8 heteroatoms. The molecule has 0 aliphatic heterocycles. The van der Waals surface area contributed by atoms with Gasteiger partial charge in [-0.1, -0.05) is 64.5 Å². The second kappa shape index (κ2) is 12.2. The summed E-state index contributed by atoms with van der Waals surface area (Å²) in [5, 5.41) is 12.8. The van der Waals surface area contributed by atoms with Crippen molar-refractivity contribution in [3.63, 3.8) is 0 Å². The number of amides is 1. The van der Waals surface area contributed by atoms with Gasteiger partial charge in [-0.2, -0.15) is 5.26 Å². The maximum Gasteiger partial charge on any atom is 0.268 e. The van der Waals surface area contributed by atoms with Crippen molar-refractivity contribution in [2.24, 2.45) is 0 Å². The number of benzene rings is 3. The number of carbonyl (C=O) groups is 1. The van der Waals surface area contributed by atoms with Gasteiger partial charge in [-0.25, -0.2) is 4.98 Å². The zero-order valence-electron chi connectivity index (χ0n) is 19.4. The lowest BCUT2D eigenvalue weighted by Crippen LogP contribution is -2.13. The molecule has 0 atom stereocenters. The normalized spacial score (nSPS) is 11.0.